The molecule has 170 valence electrons. The van der Waals surface area contributed by atoms with Crippen LogP contribution in [0, 0.1) is 11.8 Å². The smallest absolute Gasteiger partial charge is 0.305 e. The van der Waals surface area contributed by atoms with Crippen LogP contribution in [0.3, 0.4) is 0 Å². The second kappa shape index (κ2) is 15.3. The summed E-state index contributed by atoms with van der Waals surface area (Å²) in [4.78, 5) is 19.7. The largest absolute Gasteiger partial charge is 0.463 e. The Morgan fingerprint density at radius 3 is 1.43 bits per heavy atom. The highest BCUT2D eigenvalue weighted by Crippen LogP contribution is 2.49. The van der Waals surface area contributed by atoms with Gasteiger partial charge >= 0.3 is 24.9 Å². The maximum atomic E-state index is 12.1. The summed E-state index contributed by atoms with van der Waals surface area (Å²) in [6.07, 6.45) is 7.62. The summed E-state index contributed by atoms with van der Waals surface area (Å²) in [6.45, 7) is 9.76. The third-order valence-corrected chi connectivity index (χ3v) is 10.1. The van der Waals surface area contributed by atoms with Crippen LogP contribution in [-0.4, -0.2) is 32.3 Å². The van der Waals surface area contributed by atoms with Crippen LogP contribution < -0.4 is 0 Å². The van der Waals surface area contributed by atoms with Crippen LogP contribution in [0.2, 0.25) is 6.55 Å². The van der Waals surface area contributed by atoms with Gasteiger partial charge in [0.25, 0.3) is 0 Å². The minimum atomic E-state index is -4.34. The third kappa shape index (κ3) is 14.4. The molecule has 0 bridgehead atoms. The molecule has 4 atom stereocenters. The van der Waals surface area contributed by atoms with Crippen molar-refractivity contribution in [2.24, 2.45) is 11.8 Å². The molecular formula is C17H40O8P2Si. The number of hydrogen-bond donors (Lipinski definition) is 2. The Kier molecular flexibility index (Phi) is 15.5. The van der Waals surface area contributed by atoms with Crippen molar-refractivity contribution in [1.29, 1.82) is 0 Å². The Morgan fingerprint density at radius 2 is 1.14 bits per heavy atom. The summed E-state index contributed by atoms with van der Waals surface area (Å²) in [5, 5.41) is 0. The average Bonchev–Trinajstić information content (AvgIpc) is 2.61. The van der Waals surface area contributed by atoms with Crippen molar-refractivity contribution < 1.29 is 36.4 Å². The van der Waals surface area contributed by atoms with Gasteiger partial charge in [0.15, 0.2) is 0 Å². The Bertz CT molecular complexity index is 452. The fourth-order valence-corrected chi connectivity index (χ4v) is 7.44. The van der Waals surface area contributed by atoms with Crippen LogP contribution in [0.5, 0.6) is 0 Å². The zero-order valence-corrected chi connectivity index (χ0v) is 21.0. The summed E-state index contributed by atoms with van der Waals surface area (Å²) < 4.78 is 44.2. The van der Waals surface area contributed by atoms with E-state index in [0.717, 1.165) is 51.4 Å². The lowest BCUT2D eigenvalue weighted by Crippen LogP contribution is -2.19. The normalized spacial score (nSPS) is 19.5. The molecule has 0 fully saturated rings. The molecule has 11 heteroatoms. The van der Waals surface area contributed by atoms with Gasteiger partial charge < -0.3 is 18.2 Å². The van der Waals surface area contributed by atoms with Crippen LogP contribution in [0.15, 0.2) is 0 Å². The molecule has 28 heavy (non-hydrogen) atoms. The first kappa shape index (κ1) is 28.4. The van der Waals surface area contributed by atoms with Crippen LogP contribution in [0.25, 0.3) is 0 Å². The SMILES string of the molecule is CCCCC(CC)COP(=O)(O)O[SiH](C)OP(=O)(O)OCC(CC)CCCC. The molecule has 2 N–H and O–H groups in total. The van der Waals surface area contributed by atoms with E-state index in [1.807, 2.05) is 13.8 Å². The first-order valence-electron chi connectivity index (χ1n) is 10.4. The van der Waals surface area contributed by atoms with Crippen molar-refractivity contribution in [1.82, 2.24) is 0 Å². The molecule has 0 aromatic heterocycles. The topological polar surface area (TPSA) is 112 Å². The monoisotopic (exact) mass is 462 g/mol. The van der Waals surface area contributed by atoms with Gasteiger partial charge in [-0.2, -0.15) is 0 Å². The molecule has 0 aromatic carbocycles. The van der Waals surface area contributed by atoms with Gasteiger partial charge in [0.05, 0.1) is 13.2 Å². The van der Waals surface area contributed by atoms with Gasteiger partial charge in [-0.1, -0.05) is 66.2 Å². The van der Waals surface area contributed by atoms with E-state index in [1.54, 1.807) is 0 Å². The molecule has 0 rings (SSSR count). The number of unbranched alkanes of at least 4 members (excludes halogenated alkanes) is 2. The van der Waals surface area contributed by atoms with E-state index in [1.165, 1.54) is 6.55 Å². The number of hydrogen-bond acceptors (Lipinski definition) is 6. The summed E-state index contributed by atoms with van der Waals surface area (Å²) in [7, 11) is -11.6. The number of phosphoric ester groups is 2. The van der Waals surface area contributed by atoms with Crippen molar-refractivity contribution in [2.45, 2.75) is 85.6 Å². The molecule has 0 amide bonds. The highest BCUT2D eigenvalue weighted by atomic mass is 31.2. The van der Waals surface area contributed by atoms with Gasteiger partial charge in [-0.25, -0.2) is 9.13 Å². The number of rotatable bonds is 18. The van der Waals surface area contributed by atoms with E-state index in [0.29, 0.717) is 0 Å². The maximum Gasteiger partial charge on any atom is 0.463 e. The number of phosphoric acid groups is 2. The van der Waals surface area contributed by atoms with Crippen molar-refractivity contribution in [3.63, 3.8) is 0 Å². The molecule has 0 aliphatic carbocycles. The first-order valence-corrected chi connectivity index (χ1v) is 15.5. The highest BCUT2D eigenvalue weighted by Gasteiger charge is 2.33. The quantitative estimate of drug-likeness (QED) is 0.202. The Hall–Kier alpha value is 0.437. The summed E-state index contributed by atoms with van der Waals surface area (Å²) in [6, 6.07) is 0. The molecule has 0 aromatic rings. The van der Waals surface area contributed by atoms with Crippen LogP contribution in [0.4, 0.5) is 0 Å². The molecule has 8 nitrogen and oxygen atoms in total. The van der Waals surface area contributed by atoms with Crippen molar-refractivity contribution in [3.8, 4) is 0 Å². The van der Waals surface area contributed by atoms with E-state index >= 15 is 0 Å². The van der Waals surface area contributed by atoms with Gasteiger partial charge in [0, 0.05) is 0 Å². The first-order chi connectivity index (χ1) is 13.1. The van der Waals surface area contributed by atoms with E-state index < -0.39 is 24.9 Å². The molecule has 0 aliphatic rings. The molecule has 0 heterocycles. The summed E-state index contributed by atoms with van der Waals surface area (Å²) >= 11 is 0. The lowest BCUT2D eigenvalue weighted by molar-refractivity contribution is 0.146. The zero-order valence-electron chi connectivity index (χ0n) is 18.0. The van der Waals surface area contributed by atoms with Crippen LogP contribution in [0.1, 0.15) is 79.1 Å². The predicted molar refractivity (Wildman–Crippen MR) is 113 cm³/mol. The third-order valence-electron chi connectivity index (χ3n) is 4.60. The van der Waals surface area contributed by atoms with Gasteiger partial charge in [-0.15, -0.1) is 0 Å². The molecule has 4 unspecified atom stereocenters. The van der Waals surface area contributed by atoms with Crippen molar-refractivity contribution in [3.05, 3.63) is 0 Å². The Labute approximate surface area is 172 Å². The molecule has 0 spiro atoms. The molecule has 0 saturated heterocycles. The highest BCUT2D eigenvalue weighted by molar-refractivity contribution is 7.50. The van der Waals surface area contributed by atoms with Crippen molar-refractivity contribution >= 4 is 24.9 Å². The average molecular weight is 463 g/mol. The van der Waals surface area contributed by atoms with E-state index in [2.05, 4.69) is 13.8 Å². The Morgan fingerprint density at radius 1 is 0.786 bits per heavy atom. The summed E-state index contributed by atoms with van der Waals surface area (Å²) in [5.41, 5.74) is 0. The van der Waals surface area contributed by atoms with E-state index in [9.17, 15) is 18.9 Å². The fourth-order valence-electron chi connectivity index (χ4n) is 2.65. The lowest BCUT2D eigenvalue weighted by Gasteiger charge is -2.22. The Balaban J connectivity index is 4.44. The summed E-state index contributed by atoms with van der Waals surface area (Å²) in [5.74, 6) is 0.339. The van der Waals surface area contributed by atoms with Gasteiger partial charge in [-0.05, 0) is 31.2 Å². The second-order valence-electron chi connectivity index (χ2n) is 7.14. The van der Waals surface area contributed by atoms with E-state index in [4.69, 9.17) is 17.5 Å². The predicted octanol–water partition coefficient (Wildman–Crippen LogP) is 5.54. The standard InChI is InChI=1S/C17H40O8P2Si/c1-6-10-12-16(8-3)14-22-26(18,19)24-28(5)25-27(20,21)23-15-17(9-4)13-11-7-2/h16-17,28H,6-15H2,1-5H3,(H,18,19)(H,20,21). The van der Waals surface area contributed by atoms with Crippen molar-refractivity contribution in [2.75, 3.05) is 13.2 Å². The molecular weight excluding hydrogens is 422 g/mol. The fraction of sp³-hybridized carbons (Fsp3) is 1.00. The van der Waals surface area contributed by atoms with E-state index in [-0.39, 0.29) is 25.0 Å². The lowest BCUT2D eigenvalue weighted by atomic mass is 10.0. The minimum Gasteiger partial charge on any atom is -0.305 e. The minimum absolute atomic E-state index is 0.105. The second-order valence-corrected chi connectivity index (χ2v) is 12.4. The van der Waals surface area contributed by atoms with Gasteiger partial charge in [0.1, 0.15) is 0 Å². The van der Waals surface area contributed by atoms with Crippen LogP contribution in [-0.2, 0) is 26.6 Å². The molecule has 0 radical (unpaired) electrons. The molecule has 0 aliphatic heterocycles. The van der Waals surface area contributed by atoms with Crippen LogP contribution >= 0.6 is 15.6 Å². The molecule has 0 saturated carbocycles. The van der Waals surface area contributed by atoms with Gasteiger partial charge in [0.2, 0.25) is 0 Å². The van der Waals surface area contributed by atoms with Gasteiger partial charge in [-0.3, -0.25) is 9.05 Å². The maximum absolute atomic E-state index is 12.1. The zero-order chi connectivity index (χ0) is 21.6.